The van der Waals surface area contributed by atoms with E-state index < -0.39 is 30.0 Å². The standard InChI is InChI=1S/C21H31BClNO4/c1-14-11-15(9-10-17(14)23)12-16(13-24-18(25)26-19(2,3)4)22-27-20(5,6)21(7,8)28-22/h9-12H,13H2,1-8H3,(H,24,25). The molecule has 1 aliphatic heterocycles. The fourth-order valence-corrected chi connectivity index (χ4v) is 2.77. The van der Waals surface area contributed by atoms with Crippen LogP contribution in [0.15, 0.2) is 23.7 Å². The number of alkyl carbamates (subject to hydrolysis) is 1. The van der Waals surface area contributed by atoms with Crippen molar-refractivity contribution in [2.24, 2.45) is 0 Å². The third-order valence-corrected chi connectivity index (χ3v) is 5.35. The summed E-state index contributed by atoms with van der Waals surface area (Å²) in [7, 11) is -0.573. The molecule has 0 unspecified atom stereocenters. The molecule has 1 aliphatic rings. The van der Waals surface area contributed by atoms with Gasteiger partial charge in [-0.25, -0.2) is 4.79 Å². The third-order valence-electron chi connectivity index (χ3n) is 4.93. The van der Waals surface area contributed by atoms with E-state index in [4.69, 9.17) is 25.6 Å². The van der Waals surface area contributed by atoms with E-state index in [1.807, 2.05) is 79.7 Å². The average Bonchev–Trinajstić information content (AvgIpc) is 2.73. The van der Waals surface area contributed by atoms with Crippen molar-refractivity contribution in [1.82, 2.24) is 5.32 Å². The fourth-order valence-electron chi connectivity index (χ4n) is 2.66. The summed E-state index contributed by atoms with van der Waals surface area (Å²) in [5, 5.41) is 3.51. The second-order valence-electron chi connectivity index (χ2n) is 9.17. The molecule has 0 radical (unpaired) electrons. The second-order valence-corrected chi connectivity index (χ2v) is 9.58. The molecule has 1 fully saturated rings. The van der Waals surface area contributed by atoms with Crippen LogP contribution in [0.1, 0.15) is 59.6 Å². The summed E-state index contributed by atoms with van der Waals surface area (Å²) in [4.78, 5) is 12.1. The molecule has 0 aromatic heterocycles. The summed E-state index contributed by atoms with van der Waals surface area (Å²) < 4.78 is 17.7. The van der Waals surface area contributed by atoms with E-state index in [0.29, 0.717) is 5.02 Å². The summed E-state index contributed by atoms with van der Waals surface area (Å²) in [6.45, 7) is 15.7. The highest BCUT2D eigenvalue weighted by Gasteiger charge is 2.52. The van der Waals surface area contributed by atoms with Crippen molar-refractivity contribution in [3.8, 4) is 0 Å². The maximum atomic E-state index is 12.1. The van der Waals surface area contributed by atoms with Gasteiger partial charge in [-0.1, -0.05) is 29.8 Å². The Kier molecular flexibility index (Phi) is 6.59. The zero-order valence-corrected chi connectivity index (χ0v) is 18.9. The number of aryl methyl sites for hydroxylation is 1. The molecule has 1 saturated heterocycles. The van der Waals surface area contributed by atoms with Crippen LogP contribution in [0.3, 0.4) is 0 Å². The molecule has 0 aliphatic carbocycles. The number of halogens is 1. The molecule has 1 heterocycles. The quantitative estimate of drug-likeness (QED) is 0.698. The Labute approximate surface area is 173 Å². The summed E-state index contributed by atoms with van der Waals surface area (Å²) in [5.74, 6) is 0. The van der Waals surface area contributed by atoms with E-state index in [9.17, 15) is 4.79 Å². The fraction of sp³-hybridized carbons (Fsp3) is 0.571. The number of nitrogens with one attached hydrogen (secondary N) is 1. The van der Waals surface area contributed by atoms with Crippen LogP contribution in [0.4, 0.5) is 4.79 Å². The van der Waals surface area contributed by atoms with Gasteiger partial charge in [0.2, 0.25) is 0 Å². The highest BCUT2D eigenvalue weighted by Crippen LogP contribution is 2.38. The largest absolute Gasteiger partial charge is 0.492 e. The third kappa shape index (κ3) is 5.75. The molecule has 0 bridgehead atoms. The Morgan fingerprint density at radius 2 is 1.79 bits per heavy atom. The Bertz CT molecular complexity index is 752. The monoisotopic (exact) mass is 407 g/mol. The number of hydrogen-bond donors (Lipinski definition) is 1. The van der Waals surface area contributed by atoms with Gasteiger partial charge in [0.1, 0.15) is 5.60 Å². The Morgan fingerprint density at radius 3 is 2.29 bits per heavy atom. The lowest BCUT2D eigenvalue weighted by atomic mass is 9.77. The first kappa shape index (κ1) is 22.8. The number of carbonyl (C=O) groups is 1. The van der Waals surface area contributed by atoms with E-state index in [0.717, 1.165) is 16.6 Å². The normalized spacial score (nSPS) is 18.9. The zero-order chi connectivity index (χ0) is 21.3. The first-order chi connectivity index (χ1) is 12.7. The van der Waals surface area contributed by atoms with Gasteiger partial charge in [-0.05, 0) is 78.1 Å². The summed E-state index contributed by atoms with van der Waals surface area (Å²) in [6, 6.07) is 5.76. The number of benzene rings is 1. The topological polar surface area (TPSA) is 56.8 Å². The first-order valence-electron chi connectivity index (χ1n) is 9.49. The summed E-state index contributed by atoms with van der Waals surface area (Å²) >= 11 is 6.14. The molecule has 0 atom stereocenters. The Balaban J connectivity index is 2.27. The van der Waals surface area contributed by atoms with E-state index in [2.05, 4.69) is 5.32 Å². The van der Waals surface area contributed by atoms with Gasteiger partial charge in [0, 0.05) is 11.6 Å². The predicted molar refractivity (Wildman–Crippen MR) is 114 cm³/mol. The molecule has 7 heteroatoms. The second kappa shape index (κ2) is 8.09. The minimum Gasteiger partial charge on any atom is -0.444 e. The van der Waals surface area contributed by atoms with Crippen LogP contribution < -0.4 is 5.32 Å². The number of hydrogen-bond acceptors (Lipinski definition) is 4. The number of amides is 1. The van der Waals surface area contributed by atoms with Gasteiger partial charge in [0.05, 0.1) is 11.2 Å². The van der Waals surface area contributed by atoms with Gasteiger partial charge >= 0.3 is 13.2 Å². The lowest BCUT2D eigenvalue weighted by molar-refractivity contribution is 0.00578. The van der Waals surface area contributed by atoms with E-state index in [1.54, 1.807) is 0 Å². The van der Waals surface area contributed by atoms with Crippen molar-refractivity contribution in [3.63, 3.8) is 0 Å². The van der Waals surface area contributed by atoms with Crippen LogP contribution in [0.25, 0.3) is 6.08 Å². The minimum absolute atomic E-state index is 0.243. The highest BCUT2D eigenvalue weighted by atomic mass is 35.5. The van der Waals surface area contributed by atoms with Crippen LogP contribution >= 0.6 is 11.6 Å². The molecule has 1 aromatic rings. The lowest BCUT2D eigenvalue weighted by Crippen LogP contribution is -2.41. The van der Waals surface area contributed by atoms with Crippen molar-refractivity contribution in [2.45, 2.75) is 72.2 Å². The molecular formula is C21H31BClNO4. The van der Waals surface area contributed by atoms with Gasteiger partial charge in [-0.3, -0.25) is 0 Å². The first-order valence-corrected chi connectivity index (χ1v) is 9.87. The van der Waals surface area contributed by atoms with Gasteiger partial charge in [-0.15, -0.1) is 0 Å². The summed E-state index contributed by atoms with van der Waals surface area (Å²) in [5.41, 5.74) is 1.22. The summed E-state index contributed by atoms with van der Waals surface area (Å²) in [6.07, 6.45) is 1.48. The molecule has 1 N–H and O–H groups in total. The molecule has 154 valence electrons. The highest BCUT2D eigenvalue weighted by molar-refractivity contribution is 6.56. The smallest absolute Gasteiger partial charge is 0.444 e. The molecule has 1 amide bonds. The molecular weight excluding hydrogens is 376 g/mol. The van der Waals surface area contributed by atoms with Gasteiger partial charge in [0.25, 0.3) is 0 Å². The van der Waals surface area contributed by atoms with Crippen LogP contribution in [0.2, 0.25) is 5.02 Å². The van der Waals surface area contributed by atoms with Gasteiger partial charge < -0.3 is 19.4 Å². The molecule has 28 heavy (non-hydrogen) atoms. The van der Waals surface area contributed by atoms with Crippen molar-refractivity contribution in [3.05, 3.63) is 39.8 Å². The van der Waals surface area contributed by atoms with Crippen molar-refractivity contribution >= 4 is 30.9 Å². The van der Waals surface area contributed by atoms with Gasteiger partial charge in [-0.2, -0.15) is 0 Å². The Hall–Kier alpha value is -1.50. The molecule has 2 rings (SSSR count). The minimum atomic E-state index is -0.573. The van der Waals surface area contributed by atoms with E-state index in [-0.39, 0.29) is 6.54 Å². The van der Waals surface area contributed by atoms with Crippen molar-refractivity contribution in [2.75, 3.05) is 6.54 Å². The van der Waals surface area contributed by atoms with E-state index >= 15 is 0 Å². The maximum absolute atomic E-state index is 12.1. The lowest BCUT2D eigenvalue weighted by Gasteiger charge is -2.32. The van der Waals surface area contributed by atoms with Crippen LogP contribution in [0, 0.1) is 6.92 Å². The van der Waals surface area contributed by atoms with Crippen molar-refractivity contribution in [1.29, 1.82) is 0 Å². The molecule has 5 nitrogen and oxygen atoms in total. The van der Waals surface area contributed by atoms with E-state index in [1.165, 1.54) is 0 Å². The van der Waals surface area contributed by atoms with Crippen LogP contribution in [0.5, 0.6) is 0 Å². The molecule has 0 spiro atoms. The maximum Gasteiger partial charge on any atom is 0.492 e. The number of ether oxygens (including phenoxy) is 1. The zero-order valence-electron chi connectivity index (χ0n) is 18.1. The van der Waals surface area contributed by atoms with Gasteiger partial charge in [0.15, 0.2) is 0 Å². The molecule has 0 saturated carbocycles. The molecule has 1 aromatic carbocycles. The number of carbonyl (C=O) groups excluding carboxylic acids is 1. The predicted octanol–water partition coefficient (Wildman–Crippen LogP) is 5.19. The van der Waals surface area contributed by atoms with Crippen LogP contribution in [-0.2, 0) is 14.0 Å². The Morgan fingerprint density at radius 1 is 1.21 bits per heavy atom. The SMILES string of the molecule is Cc1cc(C=C(CNC(=O)OC(C)(C)C)B2OC(C)(C)C(C)(C)O2)ccc1Cl. The average molecular weight is 408 g/mol. The van der Waals surface area contributed by atoms with Crippen molar-refractivity contribution < 1.29 is 18.8 Å². The van der Waals surface area contributed by atoms with Crippen LogP contribution in [-0.4, -0.2) is 36.6 Å². The number of rotatable bonds is 4.